The Labute approximate surface area is 155 Å². The minimum atomic E-state index is -3.30. The number of halogens is 2. The molecule has 7 heteroatoms. The van der Waals surface area contributed by atoms with E-state index in [2.05, 4.69) is 0 Å². The summed E-state index contributed by atoms with van der Waals surface area (Å²) in [5.74, 6) is -0.381. The molecule has 25 heavy (non-hydrogen) atoms. The Hall–Kier alpha value is -1.82. The van der Waals surface area contributed by atoms with E-state index in [9.17, 15) is 13.2 Å². The first-order valence-electron chi connectivity index (χ1n) is 7.43. The molecule has 0 saturated carbocycles. The van der Waals surface area contributed by atoms with Crippen LogP contribution in [0.1, 0.15) is 17.5 Å². The van der Waals surface area contributed by atoms with Crippen molar-refractivity contribution in [2.24, 2.45) is 0 Å². The van der Waals surface area contributed by atoms with Crippen molar-refractivity contribution in [3.05, 3.63) is 69.2 Å². The van der Waals surface area contributed by atoms with Gasteiger partial charge < -0.3 is 4.74 Å². The number of benzene rings is 2. The SMILES string of the molecule is CS(=O)(=O)c1ccc(C(=C2CCOC2=O)c2ccc(Cl)c(Cl)c2)cc1. The fourth-order valence-corrected chi connectivity index (χ4v) is 3.63. The van der Waals surface area contributed by atoms with Crippen molar-refractivity contribution in [1.82, 2.24) is 0 Å². The molecule has 1 aliphatic rings. The van der Waals surface area contributed by atoms with E-state index in [4.69, 9.17) is 27.9 Å². The van der Waals surface area contributed by atoms with E-state index in [-0.39, 0.29) is 10.9 Å². The van der Waals surface area contributed by atoms with Crippen LogP contribution >= 0.6 is 23.2 Å². The third-order valence-electron chi connectivity index (χ3n) is 3.91. The zero-order chi connectivity index (χ0) is 18.2. The number of hydrogen-bond acceptors (Lipinski definition) is 4. The van der Waals surface area contributed by atoms with Crippen molar-refractivity contribution < 1.29 is 17.9 Å². The second-order valence-corrected chi connectivity index (χ2v) is 8.50. The molecule has 2 aromatic carbocycles. The van der Waals surface area contributed by atoms with Crippen LogP contribution < -0.4 is 0 Å². The molecule has 0 amide bonds. The van der Waals surface area contributed by atoms with Crippen molar-refractivity contribution in [1.29, 1.82) is 0 Å². The lowest BCUT2D eigenvalue weighted by molar-refractivity contribution is -0.135. The molecule has 3 rings (SSSR count). The highest BCUT2D eigenvalue weighted by atomic mass is 35.5. The van der Waals surface area contributed by atoms with Crippen LogP contribution in [0.2, 0.25) is 10.0 Å². The fourth-order valence-electron chi connectivity index (χ4n) is 2.70. The number of sulfone groups is 1. The van der Waals surface area contributed by atoms with Crippen LogP contribution in [0.4, 0.5) is 0 Å². The van der Waals surface area contributed by atoms with Crippen molar-refractivity contribution in [2.45, 2.75) is 11.3 Å². The van der Waals surface area contributed by atoms with Gasteiger partial charge in [-0.05, 0) is 41.0 Å². The molecule has 4 nitrogen and oxygen atoms in total. The molecule has 0 unspecified atom stereocenters. The van der Waals surface area contributed by atoms with E-state index in [1.165, 1.54) is 12.1 Å². The Morgan fingerprint density at radius 1 is 1.00 bits per heavy atom. The summed E-state index contributed by atoms with van der Waals surface area (Å²) in [6, 6.07) is 11.5. The van der Waals surface area contributed by atoms with Gasteiger partial charge in [0.2, 0.25) is 0 Å². The average Bonchev–Trinajstić information content (AvgIpc) is 2.97. The van der Waals surface area contributed by atoms with Crippen molar-refractivity contribution in [3.8, 4) is 0 Å². The van der Waals surface area contributed by atoms with Gasteiger partial charge >= 0.3 is 5.97 Å². The van der Waals surface area contributed by atoms with Gasteiger partial charge in [-0.2, -0.15) is 0 Å². The predicted octanol–water partition coefficient (Wildman–Crippen LogP) is 4.15. The smallest absolute Gasteiger partial charge is 0.334 e. The summed E-state index contributed by atoms with van der Waals surface area (Å²) in [7, 11) is -3.30. The minimum absolute atomic E-state index is 0.212. The molecule has 0 radical (unpaired) electrons. The third-order valence-corrected chi connectivity index (χ3v) is 5.78. The predicted molar refractivity (Wildman–Crippen MR) is 97.6 cm³/mol. The Kier molecular flexibility index (Phi) is 4.91. The lowest BCUT2D eigenvalue weighted by atomic mass is 9.92. The molecule has 0 aromatic heterocycles. The number of carbonyl (C=O) groups is 1. The van der Waals surface area contributed by atoms with Gasteiger partial charge in [-0.15, -0.1) is 0 Å². The molecule has 0 bridgehead atoms. The minimum Gasteiger partial charge on any atom is -0.462 e. The monoisotopic (exact) mass is 396 g/mol. The van der Waals surface area contributed by atoms with Crippen LogP contribution in [0, 0.1) is 0 Å². The molecular weight excluding hydrogens is 383 g/mol. The quantitative estimate of drug-likeness (QED) is 0.577. The molecular formula is C18H14Cl2O4S. The van der Waals surface area contributed by atoms with Crippen LogP contribution in [0.5, 0.6) is 0 Å². The van der Waals surface area contributed by atoms with E-state index in [0.29, 0.717) is 39.8 Å². The molecule has 1 aliphatic heterocycles. The second kappa shape index (κ2) is 6.83. The first kappa shape index (κ1) is 18.0. The largest absolute Gasteiger partial charge is 0.462 e. The lowest BCUT2D eigenvalue weighted by Crippen LogP contribution is -2.02. The average molecular weight is 397 g/mol. The summed E-state index contributed by atoms with van der Waals surface area (Å²) in [4.78, 5) is 12.3. The molecule has 0 aliphatic carbocycles. The van der Waals surface area contributed by atoms with Crippen molar-refractivity contribution in [2.75, 3.05) is 12.9 Å². The molecule has 130 valence electrons. The standard InChI is InChI=1S/C18H14Cl2O4S/c1-25(22,23)13-5-2-11(3-6-13)17(14-8-9-24-18(14)21)12-4-7-15(19)16(20)10-12/h2-7,10H,8-9H2,1H3. The van der Waals surface area contributed by atoms with Crippen molar-refractivity contribution in [3.63, 3.8) is 0 Å². The lowest BCUT2D eigenvalue weighted by Gasteiger charge is -2.12. The highest BCUT2D eigenvalue weighted by molar-refractivity contribution is 7.90. The van der Waals surface area contributed by atoms with Crippen LogP contribution in [0.15, 0.2) is 52.9 Å². The van der Waals surface area contributed by atoms with Crippen LogP contribution in [-0.2, 0) is 19.4 Å². The molecule has 1 heterocycles. The first-order valence-corrected chi connectivity index (χ1v) is 10.1. The summed E-state index contributed by atoms with van der Waals surface area (Å²) in [5.41, 5.74) is 2.63. The number of hydrogen-bond donors (Lipinski definition) is 0. The number of esters is 1. The normalized spacial score (nSPS) is 16.7. The van der Waals surface area contributed by atoms with Crippen LogP contribution in [0.25, 0.3) is 5.57 Å². The topological polar surface area (TPSA) is 60.4 Å². The number of rotatable bonds is 3. The number of carbonyl (C=O) groups excluding carboxylic acids is 1. The maximum atomic E-state index is 12.1. The van der Waals surface area contributed by atoms with Gasteiger partial charge in [0.1, 0.15) is 0 Å². The summed E-state index contributed by atoms with van der Waals surface area (Å²) in [6.07, 6.45) is 1.62. The van der Waals surface area contributed by atoms with E-state index in [1.54, 1.807) is 30.3 Å². The summed E-state index contributed by atoms with van der Waals surface area (Å²) < 4.78 is 28.4. The first-order chi connectivity index (χ1) is 11.8. The zero-order valence-electron chi connectivity index (χ0n) is 13.3. The van der Waals surface area contributed by atoms with E-state index < -0.39 is 9.84 Å². The molecule has 1 fully saturated rings. The summed E-state index contributed by atoms with van der Waals surface area (Å²) >= 11 is 12.1. The maximum Gasteiger partial charge on any atom is 0.334 e. The van der Waals surface area contributed by atoms with Crippen molar-refractivity contribution >= 4 is 44.6 Å². The van der Waals surface area contributed by atoms with Gasteiger partial charge in [-0.3, -0.25) is 0 Å². The van der Waals surface area contributed by atoms with Gasteiger partial charge in [0.05, 0.1) is 21.5 Å². The third kappa shape index (κ3) is 3.73. The van der Waals surface area contributed by atoms with Crippen LogP contribution in [0.3, 0.4) is 0 Å². The van der Waals surface area contributed by atoms with Gasteiger partial charge in [0.15, 0.2) is 9.84 Å². The summed E-state index contributed by atoms with van der Waals surface area (Å²) in [6.45, 7) is 0.320. The van der Waals surface area contributed by atoms with E-state index >= 15 is 0 Å². The molecule has 2 aromatic rings. The Balaban J connectivity index is 2.19. The number of cyclic esters (lactones) is 1. The Morgan fingerprint density at radius 3 is 2.16 bits per heavy atom. The molecule has 0 N–H and O–H groups in total. The van der Waals surface area contributed by atoms with Gasteiger partial charge in [-0.25, -0.2) is 13.2 Å². The van der Waals surface area contributed by atoms with E-state index in [0.717, 1.165) is 11.8 Å². The maximum absolute atomic E-state index is 12.1. The molecule has 1 saturated heterocycles. The Morgan fingerprint density at radius 2 is 1.64 bits per heavy atom. The highest BCUT2D eigenvalue weighted by Gasteiger charge is 2.25. The number of ether oxygens (including phenoxy) is 1. The zero-order valence-corrected chi connectivity index (χ0v) is 15.6. The Bertz CT molecular complexity index is 977. The fraction of sp³-hybridized carbons (Fsp3) is 0.167. The van der Waals surface area contributed by atoms with Crippen LogP contribution in [-0.4, -0.2) is 27.2 Å². The summed E-state index contributed by atoms with van der Waals surface area (Å²) in [5, 5.41) is 0.785. The molecule has 0 spiro atoms. The van der Waals surface area contributed by atoms with E-state index in [1.807, 2.05) is 0 Å². The van der Waals surface area contributed by atoms with Gasteiger partial charge in [-0.1, -0.05) is 41.4 Å². The van der Waals surface area contributed by atoms with Gasteiger partial charge in [0, 0.05) is 18.2 Å². The molecule has 0 atom stereocenters. The van der Waals surface area contributed by atoms with Gasteiger partial charge in [0.25, 0.3) is 0 Å². The second-order valence-electron chi connectivity index (χ2n) is 5.66. The highest BCUT2D eigenvalue weighted by Crippen LogP contribution is 2.35.